The van der Waals surface area contributed by atoms with E-state index in [2.05, 4.69) is 26.0 Å². The number of aromatic hydroxyl groups is 1. The van der Waals surface area contributed by atoms with E-state index in [4.69, 9.17) is 5.11 Å². The predicted molar refractivity (Wildman–Crippen MR) is 60.1 cm³/mol. The molecule has 0 saturated heterocycles. The first-order valence-electron chi connectivity index (χ1n) is 3.74. The Bertz CT molecular complexity index is 527. The van der Waals surface area contributed by atoms with Crippen molar-refractivity contribution in [2.24, 2.45) is 0 Å². The maximum atomic E-state index is 10.7. The molecule has 1 aromatic heterocycles. The van der Waals surface area contributed by atoms with E-state index in [0.717, 1.165) is 6.20 Å². The second-order valence-corrected chi connectivity index (χ2v) is 3.50. The van der Waals surface area contributed by atoms with Gasteiger partial charge in [0.2, 0.25) is 0 Å². The molecule has 1 rings (SSSR count). The molecule has 15 heavy (non-hydrogen) atoms. The number of pyridine rings is 1. The minimum atomic E-state index is -1.21. The number of aromatic nitrogens is 1. The minimum absolute atomic E-state index is 0.217. The molecule has 1 heterocycles. The molecule has 0 spiro atoms. The average molecular weight is 353 g/mol. The van der Waals surface area contributed by atoms with Crippen molar-refractivity contribution in [1.29, 1.82) is 0 Å². The van der Waals surface area contributed by atoms with Crippen LogP contribution in [0.1, 0.15) is 10.4 Å². The number of nitrogens with zero attached hydrogens (tertiary/aromatic N) is 1. The number of hydrogen-bond donors (Lipinski definition) is 2. The van der Waals surface area contributed by atoms with Crippen molar-refractivity contribution in [1.82, 2.24) is 4.98 Å². The molecule has 0 unspecified atom stereocenters. The second-order valence-electron chi connectivity index (χ2n) is 2.50. The summed E-state index contributed by atoms with van der Waals surface area (Å²) in [4.78, 5) is 14.6. The molecule has 0 amide bonds. The van der Waals surface area contributed by atoms with Crippen molar-refractivity contribution in [3.8, 4) is 5.75 Å². The van der Waals surface area contributed by atoms with Crippen molar-refractivity contribution < 1.29 is 32.0 Å². The van der Waals surface area contributed by atoms with Gasteiger partial charge in [0.15, 0.2) is 0 Å². The molecule has 0 atom stereocenters. The molecule has 0 fully saturated rings. The van der Waals surface area contributed by atoms with Gasteiger partial charge in [0.05, 0.1) is 0 Å². The Morgan fingerprint density at radius 1 is 1.67 bits per heavy atom. The summed E-state index contributed by atoms with van der Waals surface area (Å²) in [7, 11) is 0. The summed E-state index contributed by atoms with van der Waals surface area (Å²) in [5, 5.41) is 19.2. The molecule has 1 aromatic rings. The summed E-state index contributed by atoms with van der Waals surface area (Å²) in [5.74, 6) is -1.50. The maximum absolute atomic E-state index is 10.7. The van der Waals surface area contributed by atoms with E-state index in [9.17, 15) is 9.90 Å². The number of aromatic carboxylic acids is 1. The predicted octanol–water partition coefficient (Wildman–Crippen LogP) is -0.335. The Hall–Kier alpha value is -0.656. The van der Waals surface area contributed by atoms with Crippen molar-refractivity contribution in [2.75, 3.05) is 0 Å². The van der Waals surface area contributed by atoms with Gasteiger partial charge in [-0.15, -0.1) is 0 Å². The fourth-order valence-corrected chi connectivity index (χ4v) is 1.64. The van der Waals surface area contributed by atoms with Crippen molar-refractivity contribution in [3.05, 3.63) is 22.3 Å². The van der Waals surface area contributed by atoms with E-state index in [0.29, 0.717) is 10.6 Å². The summed E-state index contributed by atoms with van der Waals surface area (Å²) in [6, 6.07) is 0. The van der Waals surface area contributed by atoms with Crippen LogP contribution in [0.2, 0.25) is 0 Å². The molecule has 6 heteroatoms. The molecule has 77 valence electrons. The molecule has 0 aliphatic rings. The number of carboxylic acids is 1. The van der Waals surface area contributed by atoms with Gasteiger partial charge in [-0.3, -0.25) is 0 Å². The van der Waals surface area contributed by atoms with Gasteiger partial charge in [-0.25, -0.2) is 0 Å². The van der Waals surface area contributed by atoms with Crippen LogP contribution >= 0.6 is 22.6 Å². The normalized spacial score (nSPS) is 12.8. The van der Waals surface area contributed by atoms with Crippen LogP contribution in [0.3, 0.4) is 0 Å². The first-order chi connectivity index (χ1) is 7.11. The zero-order chi connectivity index (χ0) is 11.4. The first-order valence-corrected chi connectivity index (χ1v) is 5.63. The third-order valence-corrected chi connectivity index (χ3v) is 2.39. The molecule has 0 aromatic carbocycles. The molecule has 0 saturated carbocycles. The molecule has 0 aliphatic carbocycles. The van der Waals surface area contributed by atoms with Crippen molar-refractivity contribution in [2.45, 2.75) is 0 Å². The number of hydrogen-bond acceptors (Lipinski definition) is 3. The summed E-state index contributed by atoms with van der Waals surface area (Å²) < 4.78 is 4.37. The van der Waals surface area contributed by atoms with Gasteiger partial charge in [-0.2, -0.15) is 0 Å². The number of carbonyl (C=O) groups is 1. The SMILES string of the molecule is O=C(O)c1cnc(=[C-]I)/c(=C\[CH]=[V])c1O. The van der Waals surface area contributed by atoms with E-state index in [1.165, 1.54) is 0 Å². The quantitative estimate of drug-likeness (QED) is 0.564. The van der Waals surface area contributed by atoms with Gasteiger partial charge < -0.3 is 0 Å². The van der Waals surface area contributed by atoms with Crippen LogP contribution in [-0.4, -0.2) is 25.9 Å². The second kappa shape index (κ2) is 5.43. The Balaban J connectivity index is 3.73. The van der Waals surface area contributed by atoms with Crippen LogP contribution in [0.4, 0.5) is 0 Å². The van der Waals surface area contributed by atoms with Gasteiger partial charge in [0.25, 0.3) is 0 Å². The van der Waals surface area contributed by atoms with Crippen LogP contribution in [0.25, 0.3) is 10.2 Å². The monoisotopic (exact) mass is 353 g/mol. The van der Waals surface area contributed by atoms with Crippen LogP contribution in [-0.2, 0) is 17.0 Å². The molecule has 2 N–H and O–H groups in total. The summed E-state index contributed by atoms with van der Waals surface area (Å²) in [6.07, 6.45) is 2.68. The molecular weight excluding hydrogens is 348 g/mol. The van der Waals surface area contributed by atoms with Crippen molar-refractivity contribution in [3.63, 3.8) is 0 Å². The number of rotatable bonds is 2. The standard InChI is InChI=1S/C9H5INO3.V/c1-2-5-7(3-10)11-4-6(8(5)12)9(13)14;/h1-2,4,12H,(H,13,14);/q-1;/b5-2+;. The topological polar surface area (TPSA) is 70.4 Å². The van der Waals surface area contributed by atoms with Gasteiger partial charge in [0, 0.05) is 0 Å². The van der Waals surface area contributed by atoms with Gasteiger partial charge in [0.1, 0.15) is 0 Å². The molecular formula is C9H5INO3V-. The first kappa shape index (κ1) is 12.4. The van der Waals surface area contributed by atoms with Crippen LogP contribution in [0.5, 0.6) is 5.75 Å². The zero-order valence-electron chi connectivity index (χ0n) is 7.31. The third-order valence-electron chi connectivity index (χ3n) is 1.65. The molecule has 4 nitrogen and oxygen atoms in total. The zero-order valence-corrected chi connectivity index (χ0v) is 10.9. The Labute approximate surface area is 108 Å². The summed E-state index contributed by atoms with van der Waals surface area (Å²) in [6.45, 7) is 0. The Morgan fingerprint density at radius 2 is 2.33 bits per heavy atom. The van der Waals surface area contributed by atoms with E-state index in [1.807, 2.05) is 22.6 Å². The van der Waals surface area contributed by atoms with Crippen LogP contribution in [0.15, 0.2) is 6.20 Å². The fourth-order valence-electron chi connectivity index (χ4n) is 0.981. The molecule has 0 aliphatic heterocycles. The Kier molecular flexibility index (Phi) is 4.50. The summed E-state index contributed by atoms with van der Waals surface area (Å²) in [5.41, 5.74) is -0.217. The van der Waals surface area contributed by atoms with E-state index in [-0.39, 0.29) is 11.3 Å². The van der Waals surface area contributed by atoms with Crippen molar-refractivity contribution >= 4 is 43.4 Å². The van der Waals surface area contributed by atoms with E-state index < -0.39 is 5.97 Å². The Morgan fingerprint density at radius 3 is 2.80 bits per heavy atom. The van der Waals surface area contributed by atoms with Crippen LogP contribution in [0, 0.1) is 0 Å². The third kappa shape index (κ3) is 2.67. The van der Waals surface area contributed by atoms with E-state index in [1.54, 1.807) is 10.8 Å². The van der Waals surface area contributed by atoms with Gasteiger partial charge >= 0.3 is 108 Å². The average Bonchev–Trinajstić information content (AvgIpc) is 2.20. The van der Waals surface area contributed by atoms with Crippen LogP contribution < -0.4 is 10.6 Å². The molecule has 0 radical (unpaired) electrons. The van der Waals surface area contributed by atoms with Gasteiger partial charge in [-0.1, -0.05) is 0 Å². The number of carboxylic acid groups (broad SMARTS) is 1. The van der Waals surface area contributed by atoms with E-state index >= 15 is 0 Å². The number of halogens is 1. The fraction of sp³-hybridized carbons (Fsp3) is 0. The van der Waals surface area contributed by atoms with Gasteiger partial charge in [-0.05, 0) is 0 Å². The summed E-state index contributed by atoms with van der Waals surface area (Å²) >= 11 is 4.05. The molecule has 0 bridgehead atoms.